The van der Waals surface area contributed by atoms with Gasteiger partial charge in [0.25, 0.3) is 0 Å². The minimum absolute atomic E-state index is 0.0680. The van der Waals surface area contributed by atoms with Gasteiger partial charge < -0.3 is 19.6 Å². The van der Waals surface area contributed by atoms with E-state index in [9.17, 15) is 4.79 Å². The Morgan fingerprint density at radius 2 is 2.11 bits per heavy atom. The first-order valence-corrected chi connectivity index (χ1v) is 6.48. The summed E-state index contributed by atoms with van der Waals surface area (Å²) in [6, 6.07) is 5.19. The lowest BCUT2D eigenvalue weighted by molar-refractivity contribution is 0.0692. The van der Waals surface area contributed by atoms with Crippen LogP contribution in [0.25, 0.3) is 10.4 Å². The summed E-state index contributed by atoms with van der Waals surface area (Å²) >= 11 is 6.20. The van der Waals surface area contributed by atoms with E-state index in [1.54, 1.807) is 25.3 Å². The molecule has 0 aliphatic rings. The highest BCUT2D eigenvalue weighted by atomic mass is 32.1. The number of aromatic amines is 1. The molecule has 2 N–H and O–H groups in total. The second kappa shape index (κ2) is 5.41. The third-order valence-electron chi connectivity index (χ3n) is 2.52. The van der Waals surface area contributed by atoms with Crippen LogP contribution in [0.1, 0.15) is 10.5 Å². The number of ether oxygens (including phenoxy) is 2. The molecule has 1 aromatic carbocycles. The average molecular weight is 297 g/mol. The molecule has 0 spiro atoms. The maximum absolute atomic E-state index is 11.2. The molecular formula is C12H11NO4S2. The zero-order valence-corrected chi connectivity index (χ0v) is 11.9. The number of aromatic nitrogens is 1. The van der Waals surface area contributed by atoms with E-state index in [2.05, 4.69) is 4.98 Å². The van der Waals surface area contributed by atoms with Gasteiger partial charge in [-0.05, 0) is 24.4 Å². The van der Waals surface area contributed by atoms with Crippen LogP contribution in [-0.4, -0.2) is 30.3 Å². The highest BCUT2D eigenvalue weighted by Gasteiger charge is 2.18. The van der Waals surface area contributed by atoms with Crippen LogP contribution >= 0.6 is 23.6 Å². The zero-order chi connectivity index (χ0) is 14.0. The van der Waals surface area contributed by atoms with Crippen LogP contribution in [0.5, 0.6) is 11.5 Å². The number of methoxy groups -OCH3 is 2. The summed E-state index contributed by atoms with van der Waals surface area (Å²) in [6.45, 7) is 0. The molecule has 0 aliphatic carbocycles. The van der Waals surface area contributed by atoms with Gasteiger partial charge in [0.15, 0.2) is 3.95 Å². The van der Waals surface area contributed by atoms with Crippen LogP contribution in [-0.2, 0) is 0 Å². The van der Waals surface area contributed by atoms with E-state index >= 15 is 0 Å². The fourth-order valence-electron chi connectivity index (χ4n) is 1.65. The van der Waals surface area contributed by atoms with Crippen molar-refractivity contribution in [1.82, 2.24) is 4.98 Å². The summed E-state index contributed by atoms with van der Waals surface area (Å²) in [5, 5.41) is 9.17. The van der Waals surface area contributed by atoms with Gasteiger partial charge in [0.1, 0.15) is 17.2 Å². The summed E-state index contributed by atoms with van der Waals surface area (Å²) in [7, 11) is 3.07. The summed E-state index contributed by atoms with van der Waals surface area (Å²) in [4.78, 5) is 14.4. The molecule has 1 heterocycles. The van der Waals surface area contributed by atoms with E-state index in [4.69, 9.17) is 26.8 Å². The Morgan fingerprint density at radius 1 is 1.37 bits per heavy atom. The monoisotopic (exact) mass is 297 g/mol. The fraction of sp³-hybridized carbons (Fsp3) is 0.167. The first-order valence-electron chi connectivity index (χ1n) is 5.25. The van der Waals surface area contributed by atoms with Crippen LogP contribution in [0.3, 0.4) is 0 Å². The number of thiazole rings is 1. The summed E-state index contributed by atoms with van der Waals surface area (Å²) in [5.41, 5.74) is 0.733. The second-order valence-corrected chi connectivity index (χ2v) is 5.28. The molecule has 0 saturated carbocycles. The number of aromatic carboxylic acids is 1. The van der Waals surface area contributed by atoms with Gasteiger partial charge in [0.05, 0.1) is 19.1 Å². The third kappa shape index (κ3) is 2.61. The molecular weight excluding hydrogens is 286 g/mol. The molecule has 0 aliphatic heterocycles. The number of hydrogen-bond acceptors (Lipinski definition) is 5. The molecule has 7 heteroatoms. The molecule has 0 unspecified atom stereocenters. The van der Waals surface area contributed by atoms with Crippen LogP contribution in [0.4, 0.5) is 0 Å². The van der Waals surface area contributed by atoms with Crippen molar-refractivity contribution in [1.29, 1.82) is 0 Å². The lowest BCUT2D eigenvalue weighted by Crippen LogP contribution is -1.99. The number of nitrogens with one attached hydrogen (secondary N) is 1. The van der Waals surface area contributed by atoms with Gasteiger partial charge in [-0.15, -0.1) is 11.3 Å². The topological polar surface area (TPSA) is 71.6 Å². The fourth-order valence-corrected chi connectivity index (χ4v) is 2.86. The number of carboxylic acid groups (broad SMARTS) is 1. The van der Waals surface area contributed by atoms with E-state index in [-0.39, 0.29) is 5.69 Å². The molecule has 0 amide bonds. The van der Waals surface area contributed by atoms with Crippen molar-refractivity contribution in [3.05, 3.63) is 27.8 Å². The maximum atomic E-state index is 11.2. The van der Waals surface area contributed by atoms with Gasteiger partial charge >= 0.3 is 5.97 Å². The Labute approximate surface area is 118 Å². The minimum Gasteiger partial charge on any atom is -0.497 e. The van der Waals surface area contributed by atoms with Crippen LogP contribution in [0, 0.1) is 3.95 Å². The van der Waals surface area contributed by atoms with Gasteiger partial charge in [-0.25, -0.2) is 4.79 Å². The lowest BCUT2D eigenvalue weighted by Gasteiger charge is -2.09. The van der Waals surface area contributed by atoms with Gasteiger partial charge in [0.2, 0.25) is 0 Å². The van der Waals surface area contributed by atoms with E-state index in [1.165, 1.54) is 18.4 Å². The van der Waals surface area contributed by atoms with Crippen molar-refractivity contribution in [3.8, 4) is 21.9 Å². The van der Waals surface area contributed by atoms with Crippen molar-refractivity contribution >= 4 is 29.5 Å². The molecule has 5 nitrogen and oxygen atoms in total. The van der Waals surface area contributed by atoms with Crippen molar-refractivity contribution < 1.29 is 19.4 Å². The molecule has 100 valence electrons. The standard InChI is InChI=1S/C12H11NO4S2/c1-16-6-3-4-7(8(5-6)17-2)10-9(11(14)15)13-12(18)19-10/h3-5H,1-2H3,(H,13,18)(H,14,15). The smallest absolute Gasteiger partial charge is 0.353 e. The molecule has 0 fully saturated rings. The molecule has 0 saturated heterocycles. The summed E-state index contributed by atoms with van der Waals surface area (Å²) < 4.78 is 10.8. The Morgan fingerprint density at radius 3 is 2.68 bits per heavy atom. The van der Waals surface area contributed by atoms with Gasteiger partial charge in [-0.3, -0.25) is 0 Å². The zero-order valence-electron chi connectivity index (χ0n) is 10.2. The van der Waals surface area contributed by atoms with E-state index in [1.807, 2.05) is 0 Å². The van der Waals surface area contributed by atoms with E-state index in [0.29, 0.717) is 25.9 Å². The lowest BCUT2D eigenvalue weighted by atomic mass is 10.1. The Bertz CT molecular complexity index is 675. The predicted molar refractivity (Wildman–Crippen MR) is 75.0 cm³/mol. The third-order valence-corrected chi connectivity index (χ3v) is 3.78. The van der Waals surface area contributed by atoms with Gasteiger partial charge in [-0.1, -0.05) is 0 Å². The SMILES string of the molecule is COc1ccc(-c2sc(=S)[nH]c2C(=O)O)c(OC)c1. The second-order valence-electron chi connectivity index (χ2n) is 3.59. The van der Waals surface area contributed by atoms with Crippen LogP contribution in [0.2, 0.25) is 0 Å². The normalized spacial score (nSPS) is 10.2. The van der Waals surface area contributed by atoms with E-state index in [0.717, 1.165) is 0 Å². The minimum atomic E-state index is -1.06. The quantitative estimate of drug-likeness (QED) is 0.848. The number of benzene rings is 1. The largest absolute Gasteiger partial charge is 0.497 e. The first-order chi connectivity index (χ1) is 9.06. The molecule has 2 aromatic rings. The Kier molecular flexibility index (Phi) is 3.87. The van der Waals surface area contributed by atoms with Crippen molar-refractivity contribution in [2.24, 2.45) is 0 Å². The highest BCUT2D eigenvalue weighted by molar-refractivity contribution is 7.73. The van der Waals surface area contributed by atoms with Crippen LogP contribution < -0.4 is 9.47 Å². The van der Waals surface area contributed by atoms with Gasteiger partial charge in [0, 0.05) is 11.6 Å². The number of rotatable bonds is 4. The van der Waals surface area contributed by atoms with Crippen molar-refractivity contribution in [2.45, 2.75) is 0 Å². The number of carboxylic acids is 1. The molecule has 0 atom stereocenters. The Balaban J connectivity index is 2.64. The number of carbonyl (C=O) groups is 1. The molecule has 1 aromatic heterocycles. The van der Waals surface area contributed by atoms with Crippen LogP contribution in [0.15, 0.2) is 18.2 Å². The number of hydrogen-bond donors (Lipinski definition) is 2. The molecule has 2 rings (SSSR count). The summed E-state index contributed by atoms with van der Waals surface area (Å²) in [6.07, 6.45) is 0. The van der Waals surface area contributed by atoms with E-state index < -0.39 is 5.97 Å². The first kappa shape index (κ1) is 13.6. The summed E-state index contributed by atoms with van der Waals surface area (Å²) in [5.74, 6) is 0.115. The molecule has 19 heavy (non-hydrogen) atoms. The maximum Gasteiger partial charge on any atom is 0.353 e. The molecule has 0 radical (unpaired) electrons. The van der Waals surface area contributed by atoms with Crippen molar-refractivity contribution in [3.63, 3.8) is 0 Å². The molecule has 0 bridgehead atoms. The van der Waals surface area contributed by atoms with Gasteiger partial charge in [-0.2, -0.15) is 0 Å². The number of H-pyrrole nitrogens is 1. The average Bonchev–Trinajstić information content (AvgIpc) is 2.80. The Hall–Kier alpha value is -1.86. The highest BCUT2D eigenvalue weighted by Crippen LogP contribution is 2.37. The predicted octanol–water partition coefficient (Wildman–Crippen LogP) is 3.19. The van der Waals surface area contributed by atoms with Crippen molar-refractivity contribution in [2.75, 3.05) is 14.2 Å².